The highest BCUT2D eigenvalue weighted by Crippen LogP contribution is 2.21. The zero-order valence-corrected chi connectivity index (χ0v) is 10.9. The second kappa shape index (κ2) is 5.12. The molecule has 1 aromatic rings. The maximum Gasteiger partial charge on any atom is 0.227 e. The molecule has 82 valence electrons. The molecule has 1 aromatic heterocycles. The number of hydrogen-bond donors (Lipinski definition) is 0. The van der Waals surface area contributed by atoms with E-state index in [-0.39, 0.29) is 5.91 Å². The van der Waals surface area contributed by atoms with Crippen molar-refractivity contribution in [3.05, 3.63) is 20.8 Å². The average molecular weight is 288 g/mol. The zero-order chi connectivity index (χ0) is 10.7. The molecule has 0 N–H and O–H groups in total. The van der Waals surface area contributed by atoms with Crippen LogP contribution >= 0.6 is 27.3 Å². The minimum Gasteiger partial charge on any atom is -0.342 e. The van der Waals surface area contributed by atoms with Gasteiger partial charge in [0.1, 0.15) is 0 Å². The standard InChI is InChI=1S/C11H14BrNOS/c12-9-6-10(15-8-9)7-11(14)13-4-2-1-3-5-13/h6,8H,1-5,7H2. The molecule has 2 rings (SSSR count). The van der Waals surface area contributed by atoms with Gasteiger partial charge in [-0.3, -0.25) is 4.79 Å². The summed E-state index contributed by atoms with van der Waals surface area (Å²) in [5.74, 6) is 0.282. The molecule has 0 spiro atoms. The van der Waals surface area contributed by atoms with E-state index in [1.165, 1.54) is 19.3 Å². The molecule has 0 aliphatic carbocycles. The molecule has 0 atom stereocenters. The number of piperidine rings is 1. The molecule has 1 amide bonds. The fraction of sp³-hybridized carbons (Fsp3) is 0.545. The molecule has 0 bridgehead atoms. The second-order valence-corrected chi connectivity index (χ2v) is 5.76. The van der Waals surface area contributed by atoms with Crippen molar-refractivity contribution in [2.24, 2.45) is 0 Å². The highest BCUT2D eigenvalue weighted by Gasteiger charge is 2.16. The molecule has 2 heterocycles. The van der Waals surface area contributed by atoms with Crippen molar-refractivity contribution < 1.29 is 4.79 Å². The van der Waals surface area contributed by atoms with E-state index in [0.717, 1.165) is 22.4 Å². The highest BCUT2D eigenvalue weighted by atomic mass is 79.9. The third kappa shape index (κ3) is 3.05. The van der Waals surface area contributed by atoms with Crippen LogP contribution in [0, 0.1) is 0 Å². The van der Waals surface area contributed by atoms with E-state index >= 15 is 0 Å². The summed E-state index contributed by atoms with van der Waals surface area (Å²) in [7, 11) is 0. The number of rotatable bonds is 2. The van der Waals surface area contributed by atoms with Gasteiger partial charge in [0.2, 0.25) is 5.91 Å². The number of thiophene rings is 1. The molecule has 4 heteroatoms. The Labute approximate surface area is 102 Å². The predicted octanol–water partition coefficient (Wildman–Crippen LogP) is 3.07. The van der Waals surface area contributed by atoms with E-state index in [9.17, 15) is 4.79 Å². The van der Waals surface area contributed by atoms with Gasteiger partial charge in [-0.15, -0.1) is 11.3 Å². The number of carbonyl (C=O) groups excluding carboxylic acids is 1. The molecule has 1 fully saturated rings. The molecule has 1 saturated heterocycles. The Morgan fingerprint density at radius 2 is 2.13 bits per heavy atom. The van der Waals surface area contributed by atoms with E-state index in [4.69, 9.17) is 0 Å². The van der Waals surface area contributed by atoms with Gasteiger partial charge in [-0.1, -0.05) is 0 Å². The maximum atomic E-state index is 11.9. The largest absolute Gasteiger partial charge is 0.342 e. The van der Waals surface area contributed by atoms with Crippen LogP contribution in [0.25, 0.3) is 0 Å². The van der Waals surface area contributed by atoms with E-state index < -0.39 is 0 Å². The SMILES string of the molecule is O=C(Cc1cc(Br)cs1)N1CCCCC1. The summed E-state index contributed by atoms with van der Waals surface area (Å²) in [6, 6.07) is 2.03. The summed E-state index contributed by atoms with van der Waals surface area (Å²) in [6.45, 7) is 1.90. The number of halogens is 1. The average Bonchev–Trinajstić information content (AvgIpc) is 2.65. The Bertz CT molecular complexity index is 344. The number of nitrogens with zero attached hydrogens (tertiary/aromatic N) is 1. The smallest absolute Gasteiger partial charge is 0.227 e. The summed E-state index contributed by atoms with van der Waals surface area (Å²) < 4.78 is 1.08. The van der Waals surface area contributed by atoms with Gasteiger partial charge in [-0.2, -0.15) is 0 Å². The van der Waals surface area contributed by atoms with Crippen LogP contribution in [0.3, 0.4) is 0 Å². The maximum absolute atomic E-state index is 11.9. The molecule has 2 nitrogen and oxygen atoms in total. The van der Waals surface area contributed by atoms with Crippen molar-refractivity contribution in [2.75, 3.05) is 13.1 Å². The van der Waals surface area contributed by atoms with Crippen LogP contribution in [-0.4, -0.2) is 23.9 Å². The first-order chi connectivity index (χ1) is 7.25. The summed E-state index contributed by atoms with van der Waals surface area (Å²) in [5, 5.41) is 2.03. The molecule has 15 heavy (non-hydrogen) atoms. The third-order valence-electron chi connectivity index (χ3n) is 2.66. The van der Waals surface area contributed by atoms with Crippen LogP contribution < -0.4 is 0 Å². The van der Waals surface area contributed by atoms with Gasteiger partial charge in [-0.05, 0) is 41.3 Å². The zero-order valence-electron chi connectivity index (χ0n) is 8.54. The van der Waals surface area contributed by atoms with E-state index in [1.54, 1.807) is 11.3 Å². The van der Waals surface area contributed by atoms with Crippen molar-refractivity contribution in [1.82, 2.24) is 4.90 Å². The molecule has 0 unspecified atom stereocenters. The van der Waals surface area contributed by atoms with Crippen LogP contribution in [0.15, 0.2) is 15.9 Å². The van der Waals surface area contributed by atoms with Crippen LogP contribution in [0.4, 0.5) is 0 Å². The highest BCUT2D eigenvalue weighted by molar-refractivity contribution is 9.10. The minimum atomic E-state index is 0.282. The van der Waals surface area contributed by atoms with Crippen molar-refractivity contribution in [3.63, 3.8) is 0 Å². The molecular weight excluding hydrogens is 274 g/mol. The van der Waals surface area contributed by atoms with Gasteiger partial charge in [0.25, 0.3) is 0 Å². The first-order valence-corrected chi connectivity index (χ1v) is 6.93. The molecule has 0 radical (unpaired) electrons. The number of carbonyl (C=O) groups is 1. The van der Waals surface area contributed by atoms with Gasteiger partial charge in [0, 0.05) is 27.8 Å². The van der Waals surface area contributed by atoms with Crippen LogP contribution in [0.2, 0.25) is 0 Å². The molecule has 0 aromatic carbocycles. The second-order valence-electron chi connectivity index (χ2n) is 3.85. The van der Waals surface area contributed by atoms with Gasteiger partial charge in [0.15, 0.2) is 0 Å². The van der Waals surface area contributed by atoms with Gasteiger partial charge < -0.3 is 4.90 Å². The fourth-order valence-electron chi connectivity index (χ4n) is 1.85. The van der Waals surface area contributed by atoms with Gasteiger partial charge in [-0.25, -0.2) is 0 Å². The lowest BCUT2D eigenvalue weighted by Crippen LogP contribution is -2.36. The Balaban J connectivity index is 1.91. The van der Waals surface area contributed by atoms with Gasteiger partial charge >= 0.3 is 0 Å². The summed E-state index contributed by atoms with van der Waals surface area (Å²) >= 11 is 5.05. The van der Waals surface area contributed by atoms with Crippen molar-refractivity contribution >= 4 is 33.2 Å². The van der Waals surface area contributed by atoms with E-state index in [2.05, 4.69) is 15.9 Å². The predicted molar refractivity (Wildman–Crippen MR) is 66.2 cm³/mol. The molecule has 1 aliphatic heterocycles. The first kappa shape index (κ1) is 11.1. The number of likely N-dealkylation sites (tertiary alicyclic amines) is 1. The Morgan fingerprint density at radius 3 is 2.73 bits per heavy atom. The normalized spacial score (nSPS) is 16.7. The van der Waals surface area contributed by atoms with Gasteiger partial charge in [0.05, 0.1) is 6.42 Å². The summed E-state index contributed by atoms with van der Waals surface area (Å²) in [5.41, 5.74) is 0. The van der Waals surface area contributed by atoms with Crippen molar-refractivity contribution in [3.8, 4) is 0 Å². The molecule has 0 saturated carbocycles. The topological polar surface area (TPSA) is 20.3 Å². The molecule has 1 aliphatic rings. The number of hydrogen-bond acceptors (Lipinski definition) is 2. The lowest BCUT2D eigenvalue weighted by atomic mass is 10.1. The van der Waals surface area contributed by atoms with E-state index in [1.807, 2.05) is 16.3 Å². The minimum absolute atomic E-state index is 0.282. The monoisotopic (exact) mass is 287 g/mol. The molecular formula is C11H14BrNOS. The van der Waals surface area contributed by atoms with E-state index in [0.29, 0.717) is 6.42 Å². The quantitative estimate of drug-likeness (QED) is 0.819. The fourth-order valence-corrected chi connectivity index (χ4v) is 3.29. The van der Waals surface area contributed by atoms with Crippen molar-refractivity contribution in [2.45, 2.75) is 25.7 Å². The summed E-state index contributed by atoms with van der Waals surface area (Å²) in [6.07, 6.45) is 4.17. The Morgan fingerprint density at radius 1 is 1.40 bits per heavy atom. The lowest BCUT2D eigenvalue weighted by molar-refractivity contribution is -0.131. The lowest BCUT2D eigenvalue weighted by Gasteiger charge is -2.26. The third-order valence-corrected chi connectivity index (χ3v) is 4.35. The Kier molecular flexibility index (Phi) is 3.81. The van der Waals surface area contributed by atoms with Crippen LogP contribution in [0.5, 0.6) is 0 Å². The van der Waals surface area contributed by atoms with Crippen LogP contribution in [-0.2, 0) is 11.2 Å². The summed E-state index contributed by atoms with van der Waals surface area (Å²) in [4.78, 5) is 15.0. The number of amides is 1. The van der Waals surface area contributed by atoms with Crippen molar-refractivity contribution in [1.29, 1.82) is 0 Å². The Hall–Kier alpha value is -0.350. The van der Waals surface area contributed by atoms with Crippen LogP contribution in [0.1, 0.15) is 24.1 Å². The first-order valence-electron chi connectivity index (χ1n) is 5.26.